The largest absolute Gasteiger partial charge is 0.493 e. The molecular weight excluding hydrogens is 518 g/mol. The van der Waals surface area contributed by atoms with Gasteiger partial charge < -0.3 is 19.1 Å². The van der Waals surface area contributed by atoms with Gasteiger partial charge in [-0.1, -0.05) is 91.3 Å². The predicted molar refractivity (Wildman–Crippen MR) is 181 cm³/mol. The smallest absolute Gasteiger partial charge is 0.204 e. The number of aryl methyl sites for hydroxylation is 1. The third-order valence-corrected chi connectivity index (χ3v) is 7.84. The highest BCUT2D eigenvalue weighted by atomic mass is 16.5. The van der Waals surface area contributed by atoms with Crippen LogP contribution in [0, 0.1) is 18.8 Å². The number of allylic oxidation sites excluding steroid dienone is 2. The average Bonchev–Trinajstić information content (AvgIpc) is 2.99. The molecule has 0 saturated carbocycles. The van der Waals surface area contributed by atoms with E-state index in [4.69, 9.17) is 14.2 Å². The van der Waals surface area contributed by atoms with E-state index in [9.17, 15) is 0 Å². The maximum atomic E-state index is 6.18. The zero-order valence-corrected chi connectivity index (χ0v) is 28.3. The minimum absolute atomic E-state index is 0.578. The topological polar surface area (TPSA) is 30.9 Å². The highest BCUT2D eigenvalue weighted by Gasteiger charge is 2.15. The Morgan fingerprint density at radius 3 is 2.31 bits per heavy atom. The van der Waals surface area contributed by atoms with Gasteiger partial charge in [-0.15, -0.1) is 0 Å². The summed E-state index contributed by atoms with van der Waals surface area (Å²) in [6.07, 6.45) is 17.1. The standard InChI is InChI=1S/C38H63NO3/c1-9-14-16-17-25-39(13-5)26-19-29-42-36-24-23-35(31-34(36)8)30-33(7)32(6)20-18-22-38(41-28-12-4)37(21-15-10-2)40-27-11-3/h10,15,22-24,31-33H,2,9,11-14,16-20,25-30H2,1,3-8H3/b38-22+/t21?,32-,33+/m1/s1. The normalized spacial score (nSPS) is 12.9. The van der Waals surface area contributed by atoms with Crippen molar-refractivity contribution in [3.63, 3.8) is 0 Å². The number of benzene rings is 1. The zero-order chi connectivity index (χ0) is 31.0. The molecule has 0 saturated heterocycles. The summed E-state index contributed by atoms with van der Waals surface area (Å²) in [5, 5.41) is 0. The van der Waals surface area contributed by atoms with Crippen molar-refractivity contribution in [1.82, 2.24) is 4.90 Å². The van der Waals surface area contributed by atoms with Crippen molar-refractivity contribution >= 4 is 0 Å². The Morgan fingerprint density at radius 2 is 1.64 bits per heavy atom. The van der Waals surface area contributed by atoms with Crippen molar-refractivity contribution in [2.24, 2.45) is 11.8 Å². The molecule has 1 aromatic rings. The van der Waals surface area contributed by atoms with E-state index in [0.29, 0.717) is 30.8 Å². The maximum Gasteiger partial charge on any atom is 0.204 e. The first kappa shape index (κ1) is 37.6. The SMILES string of the molecule is C=CC=C=C(OCCC)/C(=C\CC[C@@H](C)[C@@H](C)Cc1ccc(OCCCN(CC)CCCCCC)c(C)c1)OCCC. The molecule has 0 amide bonds. The zero-order valence-electron chi connectivity index (χ0n) is 28.3. The fourth-order valence-electron chi connectivity index (χ4n) is 4.95. The molecule has 2 atom stereocenters. The average molecular weight is 582 g/mol. The third kappa shape index (κ3) is 16.3. The van der Waals surface area contributed by atoms with Crippen molar-refractivity contribution < 1.29 is 14.2 Å². The summed E-state index contributed by atoms with van der Waals surface area (Å²) >= 11 is 0. The van der Waals surface area contributed by atoms with Crippen LogP contribution in [0.5, 0.6) is 5.75 Å². The molecule has 0 aliphatic rings. The van der Waals surface area contributed by atoms with E-state index < -0.39 is 0 Å². The molecule has 4 nitrogen and oxygen atoms in total. The minimum Gasteiger partial charge on any atom is -0.493 e. The Kier molecular flexibility index (Phi) is 21.5. The van der Waals surface area contributed by atoms with E-state index in [2.05, 4.69) is 90.0 Å². The number of ether oxygens (including phenoxy) is 3. The highest BCUT2D eigenvalue weighted by molar-refractivity contribution is 5.36. The van der Waals surface area contributed by atoms with Gasteiger partial charge >= 0.3 is 0 Å². The number of hydrogen-bond donors (Lipinski definition) is 0. The van der Waals surface area contributed by atoms with Crippen LogP contribution in [-0.2, 0) is 15.9 Å². The fraction of sp³-hybridized carbons (Fsp3) is 0.658. The summed E-state index contributed by atoms with van der Waals surface area (Å²) < 4.78 is 18.2. The molecule has 42 heavy (non-hydrogen) atoms. The van der Waals surface area contributed by atoms with Crippen LogP contribution in [0.2, 0.25) is 0 Å². The Hall–Kier alpha value is -2.42. The van der Waals surface area contributed by atoms with Gasteiger partial charge in [-0.05, 0) is 106 Å². The molecular formula is C38H63NO3. The van der Waals surface area contributed by atoms with E-state index in [1.165, 1.54) is 43.4 Å². The van der Waals surface area contributed by atoms with Gasteiger partial charge in [0.25, 0.3) is 0 Å². The van der Waals surface area contributed by atoms with Crippen LogP contribution >= 0.6 is 0 Å². The highest BCUT2D eigenvalue weighted by Crippen LogP contribution is 2.26. The van der Waals surface area contributed by atoms with Crippen molar-refractivity contribution in [3.05, 3.63) is 71.4 Å². The Labute approximate surface area is 259 Å². The number of unbranched alkanes of at least 4 members (excludes halogenated alkanes) is 3. The number of nitrogens with zero attached hydrogens (tertiary/aromatic N) is 1. The summed E-state index contributed by atoms with van der Waals surface area (Å²) in [7, 11) is 0. The van der Waals surface area contributed by atoms with Crippen molar-refractivity contribution in [1.29, 1.82) is 0 Å². The van der Waals surface area contributed by atoms with Gasteiger partial charge in [0.05, 0.1) is 19.8 Å². The summed E-state index contributed by atoms with van der Waals surface area (Å²) in [6, 6.07) is 6.74. The Bertz CT molecular complexity index is 944. The van der Waals surface area contributed by atoms with Crippen LogP contribution in [0.3, 0.4) is 0 Å². The fourth-order valence-corrected chi connectivity index (χ4v) is 4.95. The monoisotopic (exact) mass is 581 g/mol. The molecule has 0 heterocycles. The van der Waals surface area contributed by atoms with Gasteiger partial charge in [0.2, 0.25) is 5.76 Å². The second kappa shape index (κ2) is 24.1. The molecule has 1 rings (SSSR count). The second-order valence-electron chi connectivity index (χ2n) is 11.7. The molecule has 0 N–H and O–H groups in total. The van der Waals surface area contributed by atoms with Crippen molar-refractivity contribution in [2.45, 2.75) is 113 Å². The molecule has 1 aromatic carbocycles. The maximum absolute atomic E-state index is 6.18. The lowest BCUT2D eigenvalue weighted by molar-refractivity contribution is 0.150. The van der Waals surface area contributed by atoms with Crippen LogP contribution in [0.15, 0.2) is 60.3 Å². The van der Waals surface area contributed by atoms with E-state index in [1.54, 1.807) is 12.2 Å². The van der Waals surface area contributed by atoms with E-state index >= 15 is 0 Å². The predicted octanol–water partition coefficient (Wildman–Crippen LogP) is 10.2. The molecule has 4 heteroatoms. The third-order valence-electron chi connectivity index (χ3n) is 7.84. The summed E-state index contributed by atoms with van der Waals surface area (Å²) in [6.45, 7) is 25.0. The van der Waals surface area contributed by atoms with Crippen LogP contribution in [0.25, 0.3) is 0 Å². The second-order valence-corrected chi connectivity index (χ2v) is 11.7. The van der Waals surface area contributed by atoms with Crippen LogP contribution in [0.1, 0.15) is 110 Å². The molecule has 0 aliphatic carbocycles. The molecule has 0 aromatic heterocycles. The Morgan fingerprint density at radius 1 is 0.905 bits per heavy atom. The van der Waals surface area contributed by atoms with Gasteiger partial charge in [0.1, 0.15) is 5.75 Å². The molecule has 238 valence electrons. The lowest BCUT2D eigenvalue weighted by Gasteiger charge is -2.21. The van der Waals surface area contributed by atoms with Crippen LogP contribution in [-0.4, -0.2) is 44.4 Å². The Balaban J connectivity index is 2.62. The van der Waals surface area contributed by atoms with Crippen molar-refractivity contribution in [2.75, 3.05) is 39.5 Å². The molecule has 0 radical (unpaired) electrons. The summed E-state index contributed by atoms with van der Waals surface area (Å²) in [4.78, 5) is 2.56. The first-order valence-corrected chi connectivity index (χ1v) is 16.9. The first-order chi connectivity index (χ1) is 20.4. The minimum atomic E-state index is 0.578. The summed E-state index contributed by atoms with van der Waals surface area (Å²) in [5.41, 5.74) is 5.82. The number of hydrogen-bond acceptors (Lipinski definition) is 4. The van der Waals surface area contributed by atoms with Gasteiger partial charge in [-0.25, -0.2) is 0 Å². The van der Waals surface area contributed by atoms with Crippen molar-refractivity contribution in [3.8, 4) is 5.75 Å². The summed E-state index contributed by atoms with van der Waals surface area (Å²) in [5.74, 6) is 3.66. The lowest BCUT2D eigenvalue weighted by atomic mass is 9.86. The molecule has 0 spiro atoms. The first-order valence-electron chi connectivity index (χ1n) is 16.9. The molecule has 0 unspecified atom stereocenters. The van der Waals surface area contributed by atoms with E-state index in [1.807, 2.05) is 0 Å². The van der Waals surface area contributed by atoms with Gasteiger partial charge in [0, 0.05) is 6.54 Å². The quantitative estimate of drug-likeness (QED) is 0.0497. The molecule has 0 bridgehead atoms. The van der Waals surface area contributed by atoms with Gasteiger partial charge in [0.15, 0.2) is 5.76 Å². The number of rotatable bonds is 25. The van der Waals surface area contributed by atoms with Gasteiger partial charge in [-0.2, -0.15) is 0 Å². The van der Waals surface area contributed by atoms with E-state index in [-0.39, 0.29) is 0 Å². The lowest BCUT2D eigenvalue weighted by Crippen LogP contribution is -2.26. The van der Waals surface area contributed by atoms with Gasteiger partial charge in [-0.3, -0.25) is 0 Å². The van der Waals surface area contributed by atoms with Crippen LogP contribution in [0.4, 0.5) is 0 Å². The molecule has 0 fully saturated rings. The molecule has 0 aliphatic heterocycles. The van der Waals surface area contributed by atoms with Crippen LogP contribution < -0.4 is 4.74 Å². The van der Waals surface area contributed by atoms with E-state index in [0.717, 1.165) is 69.7 Å².